The first-order valence-electron chi connectivity index (χ1n) is 9.80. The molecule has 0 spiro atoms. The van der Waals surface area contributed by atoms with Gasteiger partial charge in [0.2, 0.25) is 0 Å². The number of hydrogen-bond acceptors (Lipinski definition) is 2. The summed E-state index contributed by atoms with van der Waals surface area (Å²) in [7, 11) is 0. The molecule has 0 bridgehead atoms. The van der Waals surface area contributed by atoms with Gasteiger partial charge in [-0.05, 0) is 48.4 Å². The van der Waals surface area contributed by atoms with Crippen LogP contribution in [0.4, 0.5) is 0 Å². The van der Waals surface area contributed by atoms with Crippen LogP contribution in [0.2, 0.25) is 0 Å². The third kappa shape index (κ3) is 4.89. The zero-order chi connectivity index (χ0) is 20.1. The molecule has 0 N–H and O–H groups in total. The third-order valence-electron chi connectivity index (χ3n) is 4.91. The monoisotopic (exact) mass is 372 g/mol. The molecule has 0 saturated heterocycles. The standard InChI is InChI=1S/C26H28O2/c1-19-14-17-24(23(18-19)26(2,3)4)28-25(27)22-13-9-8-12-21(22)16-15-20-10-6-5-7-11-20/h5-14,17-18H,15-16H2,1-4H3. The fourth-order valence-corrected chi connectivity index (χ4v) is 3.33. The minimum Gasteiger partial charge on any atom is -0.423 e. The van der Waals surface area contributed by atoms with Gasteiger partial charge in [0.1, 0.15) is 5.75 Å². The molecule has 0 saturated carbocycles. The Morgan fingerprint density at radius 1 is 0.857 bits per heavy atom. The number of ether oxygens (including phenoxy) is 1. The van der Waals surface area contributed by atoms with Crippen molar-refractivity contribution < 1.29 is 9.53 Å². The van der Waals surface area contributed by atoms with Gasteiger partial charge in [0.05, 0.1) is 5.56 Å². The van der Waals surface area contributed by atoms with Crippen LogP contribution in [0.5, 0.6) is 5.75 Å². The highest BCUT2D eigenvalue weighted by atomic mass is 16.5. The van der Waals surface area contributed by atoms with E-state index in [1.165, 1.54) is 5.56 Å². The van der Waals surface area contributed by atoms with Crippen molar-refractivity contribution in [2.75, 3.05) is 0 Å². The van der Waals surface area contributed by atoms with Crippen molar-refractivity contribution in [3.05, 3.63) is 101 Å². The van der Waals surface area contributed by atoms with Crippen molar-refractivity contribution >= 4 is 5.97 Å². The molecule has 0 radical (unpaired) electrons. The number of aryl methyl sites for hydroxylation is 3. The molecule has 3 rings (SSSR count). The molecule has 0 aliphatic carbocycles. The Morgan fingerprint density at radius 3 is 2.25 bits per heavy atom. The van der Waals surface area contributed by atoms with Gasteiger partial charge in [-0.3, -0.25) is 0 Å². The summed E-state index contributed by atoms with van der Waals surface area (Å²) in [5, 5.41) is 0. The predicted octanol–water partition coefficient (Wildman–Crippen LogP) is 6.30. The molecule has 0 unspecified atom stereocenters. The van der Waals surface area contributed by atoms with E-state index in [0.29, 0.717) is 11.3 Å². The van der Waals surface area contributed by atoms with Gasteiger partial charge < -0.3 is 4.74 Å². The van der Waals surface area contributed by atoms with Crippen LogP contribution in [0.15, 0.2) is 72.8 Å². The first kappa shape index (κ1) is 19.9. The summed E-state index contributed by atoms with van der Waals surface area (Å²) in [6.45, 7) is 8.45. The first-order valence-corrected chi connectivity index (χ1v) is 9.80. The van der Waals surface area contributed by atoms with E-state index in [4.69, 9.17) is 4.74 Å². The van der Waals surface area contributed by atoms with E-state index in [1.54, 1.807) is 0 Å². The van der Waals surface area contributed by atoms with Crippen molar-refractivity contribution in [1.82, 2.24) is 0 Å². The van der Waals surface area contributed by atoms with E-state index < -0.39 is 0 Å². The SMILES string of the molecule is Cc1ccc(OC(=O)c2ccccc2CCc2ccccc2)c(C(C)(C)C)c1. The van der Waals surface area contributed by atoms with Crippen molar-refractivity contribution in [3.63, 3.8) is 0 Å². The quantitative estimate of drug-likeness (QED) is 0.388. The molecule has 144 valence electrons. The molecule has 0 amide bonds. The fraction of sp³-hybridized carbons (Fsp3) is 0.269. The Hall–Kier alpha value is -2.87. The highest BCUT2D eigenvalue weighted by molar-refractivity contribution is 5.92. The second kappa shape index (κ2) is 8.43. The lowest BCUT2D eigenvalue weighted by Gasteiger charge is -2.23. The number of hydrogen-bond donors (Lipinski definition) is 0. The van der Waals surface area contributed by atoms with Crippen molar-refractivity contribution in [3.8, 4) is 5.75 Å². The van der Waals surface area contributed by atoms with Gasteiger partial charge in [0.25, 0.3) is 0 Å². The Balaban J connectivity index is 1.82. The average molecular weight is 373 g/mol. The van der Waals surface area contributed by atoms with E-state index in [2.05, 4.69) is 45.9 Å². The summed E-state index contributed by atoms with van der Waals surface area (Å²) in [6.07, 6.45) is 1.69. The van der Waals surface area contributed by atoms with Crippen LogP contribution >= 0.6 is 0 Å². The molecule has 2 nitrogen and oxygen atoms in total. The highest BCUT2D eigenvalue weighted by Gasteiger charge is 2.22. The number of carbonyl (C=O) groups is 1. The molecular weight excluding hydrogens is 344 g/mol. The normalized spacial score (nSPS) is 11.3. The molecule has 0 heterocycles. The zero-order valence-electron chi connectivity index (χ0n) is 17.2. The van der Waals surface area contributed by atoms with E-state index >= 15 is 0 Å². The fourth-order valence-electron chi connectivity index (χ4n) is 3.33. The smallest absolute Gasteiger partial charge is 0.343 e. The molecule has 2 heteroatoms. The second-order valence-electron chi connectivity index (χ2n) is 8.28. The summed E-state index contributed by atoms with van der Waals surface area (Å²) in [5.41, 5.74) is 5.02. The molecule has 0 fully saturated rings. The van der Waals surface area contributed by atoms with Gasteiger partial charge in [0, 0.05) is 5.56 Å². The van der Waals surface area contributed by atoms with E-state index in [9.17, 15) is 4.79 Å². The average Bonchev–Trinajstić information content (AvgIpc) is 2.68. The van der Waals surface area contributed by atoms with E-state index in [0.717, 1.165) is 29.5 Å². The molecular formula is C26H28O2. The van der Waals surface area contributed by atoms with Crippen LogP contribution in [-0.4, -0.2) is 5.97 Å². The van der Waals surface area contributed by atoms with Gasteiger partial charge >= 0.3 is 5.97 Å². The maximum atomic E-state index is 13.0. The van der Waals surface area contributed by atoms with Gasteiger partial charge in [0.15, 0.2) is 0 Å². The Bertz CT molecular complexity index is 950. The molecule has 28 heavy (non-hydrogen) atoms. The van der Waals surface area contributed by atoms with Crippen LogP contribution in [0.1, 0.15) is 53.4 Å². The van der Waals surface area contributed by atoms with Crippen LogP contribution in [0, 0.1) is 6.92 Å². The van der Waals surface area contributed by atoms with Crippen LogP contribution in [0.3, 0.4) is 0 Å². The van der Waals surface area contributed by atoms with Gasteiger partial charge in [-0.15, -0.1) is 0 Å². The highest BCUT2D eigenvalue weighted by Crippen LogP contribution is 2.32. The van der Waals surface area contributed by atoms with E-state index in [1.807, 2.05) is 54.6 Å². The maximum Gasteiger partial charge on any atom is 0.343 e. The van der Waals surface area contributed by atoms with Crippen molar-refractivity contribution in [2.24, 2.45) is 0 Å². The lowest BCUT2D eigenvalue weighted by molar-refractivity contribution is 0.0730. The first-order chi connectivity index (χ1) is 13.3. The minimum absolute atomic E-state index is 0.103. The molecule has 0 aliphatic heterocycles. The predicted molar refractivity (Wildman–Crippen MR) is 115 cm³/mol. The van der Waals surface area contributed by atoms with Crippen molar-refractivity contribution in [1.29, 1.82) is 0 Å². The summed E-state index contributed by atoms with van der Waals surface area (Å²) in [6, 6.07) is 24.1. The molecule has 0 aliphatic rings. The molecule has 0 aromatic heterocycles. The van der Waals surface area contributed by atoms with Crippen LogP contribution in [-0.2, 0) is 18.3 Å². The Morgan fingerprint density at radius 2 is 1.54 bits per heavy atom. The Kier molecular flexibility index (Phi) is 5.99. The summed E-state index contributed by atoms with van der Waals surface area (Å²) in [4.78, 5) is 13.0. The lowest BCUT2D eigenvalue weighted by Crippen LogP contribution is -2.17. The van der Waals surface area contributed by atoms with Crippen LogP contribution < -0.4 is 4.74 Å². The topological polar surface area (TPSA) is 26.3 Å². The molecule has 3 aromatic carbocycles. The summed E-state index contributed by atoms with van der Waals surface area (Å²) in [5.74, 6) is 0.346. The number of benzene rings is 3. The summed E-state index contributed by atoms with van der Waals surface area (Å²) >= 11 is 0. The molecule has 0 atom stereocenters. The van der Waals surface area contributed by atoms with Crippen LogP contribution in [0.25, 0.3) is 0 Å². The zero-order valence-corrected chi connectivity index (χ0v) is 17.2. The number of esters is 1. The number of rotatable bonds is 5. The number of carbonyl (C=O) groups excluding carboxylic acids is 1. The summed E-state index contributed by atoms with van der Waals surface area (Å²) < 4.78 is 5.87. The second-order valence-corrected chi connectivity index (χ2v) is 8.28. The van der Waals surface area contributed by atoms with Gasteiger partial charge in [-0.25, -0.2) is 4.79 Å². The minimum atomic E-state index is -0.294. The largest absolute Gasteiger partial charge is 0.423 e. The lowest BCUT2D eigenvalue weighted by atomic mass is 9.85. The van der Waals surface area contributed by atoms with Crippen molar-refractivity contribution in [2.45, 2.75) is 46.0 Å². The molecule has 3 aromatic rings. The van der Waals surface area contributed by atoms with E-state index in [-0.39, 0.29) is 11.4 Å². The maximum absolute atomic E-state index is 13.0. The third-order valence-corrected chi connectivity index (χ3v) is 4.91. The van der Waals surface area contributed by atoms with Gasteiger partial charge in [-0.1, -0.05) is 87.0 Å². The van der Waals surface area contributed by atoms with Gasteiger partial charge in [-0.2, -0.15) is 0 Å². The Labute approximate surface area is 168 Å².